The highest BCUT2D eigenvalue weighted by Crippen LogP contribution is 2.37. The van der Waals surface area contributed by atoms with Crippen molar-refractivity contribution in [2.75, 3.05) is 0 Å². The molecule has 0 fully saturated rings. The van der Waals surface area contributed by atoms with Crippen LogP contribution < -0.4 is 0 Å². The van der Waals surface area contributed by atoms with E-state index in [4.69, 9.17) is 19.4 Å². The summed E-state index contributed by atoms with van der Waals surface area (Å²) in [5.41, 5.74) is 7.03. The van der Waals surface area contributed by atoms with Crippen LogP contribution in [-0.4, -0.2) is 19.5 Å². The van der Waals surface area contributed by atoms with Crippen molar-refractivity contribution in [2.24, 2.45) is 0 Å². The Hall–Kier alpha value is -5.55. The Morgan fingerprint density at radius 1 is 0.475 bits per heavy atom. The first-order chi connectivity index (χ1) is 19.8. The van der Waals surface area contributed by atoms with Gasteiger partial charge in [0.1, 0.15) is 5.58 Å². The second kappa shape index (κ2) is 9.03. The molecule has 0 saturated heterocycles. The van der Waals surface area contributed by atoms with Crippen LogP contribution in [0.25, 0.3) is 72.6 Å². The summed E-state index contributed by atoms with van der Waals surface area (Å²) in [6.07, 6.45) is 1.74. The molecule has 0 unspecified atom stereocenters. The van der Waals surface area contributed by atoms with Gasteiger partial charge in [0.15, 0.2) is 11.6 Å². The molecule has 3 heterocycles. The first-order valence-corrected chi connectivity index (χ1v) is 13.2. The van der Waals surface area contributed by atoms with Gasteiger partial charge in [-0.1, -0.05) is 103 Å². The van der Waals surface area contributed by atoms with Gasteiger partial charge < -0.3 is 4.42 Å². The number of fused-ring (bicyclic) bond motifs is 5. The fraction of sp³-hybridized carbons (Fsp3) is 0. The molecule has 0 atom stereocenters. The molecule has 0 N–H and O–H groups in total. The highest BCUT2D eigenvalue weighted by molar-refractivity contribution is 6.19. The second-order valence-electron chi connectivity index (χ2n) is 9.74. The van der Waals surface area contributed by atoms with Crippen LogP contribution in [0.3, 0.4) is 0 Å². The number of hydrogen-bond donors (Lipinski definition) is 0. The summed E-state index contributed by atoms with van der Waals surface area (Å²) in [5, 5.41) is 3.21. The van der Waals surface area contributed by atoms with Crippen molar-refractivity contribution >= 4 is 32.8 Å². The smallest absolute Gasteiger partial charge is 0.238 e. The minimum Gasteiger partial charge on any atom is -0.464 e. The van der Waals surface area contributed by atoms with Crippen LogP contribution >= 0.6 is 0 Å². The van der Waals surface area contributed by atoms with Gasteiger partial charge in [-0.05, 0) is 35.4 Å². The SMILES string of the molecule is c1ccc(-c2ccc(-c3nc(-c4ccccc4)nc(-n4c5ccccc5c5c6occc6ccc54)n3)cc2)cc1. The highest BCUT2D eigenvalue weighted by atomic mass is 16.3. The quantitative estimate of drug-likeness (QED) is 0.236. The van der Waals surface area contributed by atoms with Gasteiger partial charge in [0.05, 0.1) is 22.7 Å². The summed E-state index contributed by atoms with van der Waals surface area (Å²) in [6.45, 7) is 0. The highest BCUT2D eigenvalue weighted by Gasteiger charge is 2.20. The summed E-state index contributed by atoms with van der Waals surface area (Å²) in [5.74, 6) is 1.80. The number of benzene rings is 5. The van der Waals surface area contributed by atoms with Gasteiger partial charge in [0, 0.05) is 21.9 Å². The first kappa shape index (κ1) is 22.4. The van der Waals surface area contributed by atoms with E-state index in [9.17, 15) is 0 Å². The van der Waals surface area contributed by atoms with Gasteiger partial charge in [0.2, 0.25) is 5.95 Å². The lowest BCUT2D eigenvalue weighted by atomic mass is 10.0. The number of rotatable bonds is 4. The van der Waals surface area contributed by atoms with Crippen molar-refractivity contribution in [2.45, 2.75) is 0 Å². The van der Waals surface area contributed by atoms with Crippen molar-refractivity contribution in [1.29, 1.82) is 0 Å². The topological polar surface area (TPSA) is 56.7 Å². The van der Waals surface area contributed by atoms with Gasteiger partial charge in [0.25, 0.3) is 0 Å². The van der Waals surface area contributed by atoms with E-state index in [2.05, 4.69) is 83.4 Å². The summed E-state index contributed by atoms with van der Waals surface area (Å²) < 4.78 is 8.07. The van der Waals surface area contributed by atoms with E-state index in [1.54, 1.807) is 6.26 Å². The third-order valence-corrected chi connectivity index (χ3v) is 7.36. The van der Waals surface area contributed by atoms with Gasteiger partial charge in [-0.2, -0.15) is 9.97 Å². The Labute approximate surface area is 230 Å². The van der Waals surface area contributed by atoms with Crippen molar-refractivity contribution in [3.63, 3.8) is 0 Å². The van der Waals surface area contributed by atoms with E-state index >= 15 is 0 Å². The summed E-state index contributed by atoms with van der Waals surface area (Å²) in [4.78, 5) is 15.0. The molecule has 0 aliphatic rings. The predicted octanol–water partition coefficient (Wildman–Crippen LogP) is 8.72. The number of para-hydroxylation sites is 1. The lowest BCUT2D eigenvalue weighted by molar-refractivity contribution is 0.619. The Bertz CT molecular complexity index is 2140. The maximum atomic E-state index is 5.96. The maximum absolute atomic E-state index is 5.96. The molecule has 40 heavy (non-hydrogen) atoms. The van der Waals surface area contributed by atoms with E-state index in [-0.39, 0.29) is 0 Å². The molecule has 8 rings (SSSR count). The zero-order valence-electron chi connectivity index (χ0n) is 21.4. The van der Waals surface area contributed by atoms with E-state index in [1.165, 1.54) is 5.56 Å². The first-order valence-electron chi connectivity index (χ1n) is 13.2. The van der Waals surface area contributed by atoms with E-state index < -0.39 is 0 Å². The molecule has 8 aromatic rings. The van der Waals surface area contributed by atoms with Crippen LogP contribution in [0.2, 0.25) is 0 Å². The summed E-state index contributed by atoms with van der Waals surface area (Å²) in [7, 11) is 0. The largest absolute Gasteiger partial charge is 0.464 e. The van der Waals surface area contributed by atoms with Crippen LogP contribution in [0.5, 0.6) is 0 Å². The number of nitrogens with zero attached hydrogens (tertiary/aromatic N) is 4. The fourth-order valence-corrected chi connectivity index (χ4v) is 5.45. The second-order valence-corrected chi connectivity index (χ2v) is 9.74. The van der Waals surface area contributed by atoms with Crippen LogP contribution in [0.4, 0.5) is 0 Å². The van der Waals surface area contributed by atoms with E-state index in [0.29, 0.717) is 17.6 Å². The van der Waals surface area contributed by atoms with Crippen LogP contribution in [0.1, 0.15) is 0 Å². The molecule has 0 radical (unpaired) electrons. The van der Waals surface area contributed by atoms with Gasteiger partial charge in [-0.15, -0.1) is 0 Å². The average Bonchev–Trinajstić information content (AvgIpc) is 3.64. The zero-order valence-corrected chi connectivity index (χ0v) is 21.4. The molecule has 0 amide bonds. The lowest BCUT2D eigenvalue weighted by Gasteiger charge is -2.11. The predicted molar refractivity (Wildman–Crippen MR) is 160 cm³/mol. The molecule has 0 spiro atoms. The van der Waals surface area contributed by atoms with Crippen LogP contribution in [0, 0.1) is 0 Å². The Kier molecular flexibility index (Phi) is 5.07. The van der Waals surface area contributed by atoms with Crippen molar-refractivity contribution in [3.05, 3.63) is 134 Å². The molecule has 0 bridgehead atoms. The normalized spacial score (nSPS) is 11.5. The minimum absolute atomic E-state index is 0.563. The molecule has 0 saturated carbocycles. The molecule has 0 aliphatic carbocycles. The average molecular weight is 515 g/mol. The Balaban J connectivity index is 1.38. The van der Waals surface area contributed by atoms with Crippen LogP contribution in [0.15, 0.2) is 138 Å². The molecular weight excluding hydrogens is 492 g/mol. The third kappa shape index (κ3) is 3.60. The Morgan fingerprint density at radius 3 is 1.82 bits per heavy atom. The molecular formula is C35H22N4O. The van der Waals surface area contributed by atoms with Crippen molar-refractivity contribution in [1.82, 2.24) is 19.5 Å². The van der Waals surface area contributed by atoms with Crippen molar-refractivity contribution in [3.8, 4) is 39.9 Å². The van der Waals surface area contributed by atoms with Crippen LogP contribution in [-0.2, 0) is 0 Å². The number of hydrogen-bond acceptors (Lipinski definition) is 4. The van der Waals surface area contributed by atoms with E-state index in [1.807, 2.05) is 48.5 Å². The molecule has 5 aromatic carbocycles. The van der Waals surface area contributed by atoms with Gasteiger partial charge >= 0.3 is 0 Å². The zero-order chi connectivity index (χ0) is 26.5. The van der Waals surface area contributed by atoms with E-state index in [0.717, 1.165) is 49.5 Å². The summed E-state index contributed by atoms with van der Waals surface area (Å²) in [6, 6.07) is 43.3. The standard InChI is InChI=1S/C35H22N4O/c1-3-9-23(10-4-1)24-15-17-27(18-16-24)34-36-33(26-11-5-2-6-12-26)37-35(38-34)39-29-14-8-7-13-28(29)31-30(39)20-19-25-21-22-40-32(25)31/h1-22H. The Morgan fingerprint density at radius 2 is 1.07 bits per heavy atom. The molecule has 5 heteroatoms. The number of aromatic nitrogens is 4. The third-order valence-electron chi connectivity index (χ3n) is 7.36. The fourth-order valence-electron chi connectivity index (χ4n) is 5.45. The minimum atomic E-state index is 0.563. The summed E-state index contributed by atoms with van der Waals surface area (Å²) >= 11 is 0. The van der Waals surface area contributed by atoms with Gasteiger partial charge in [-0.3, -0.25) is 4.57 Å². The lowest BCUT2D eigenvalue weighted by Crippen LogP contribution is -2.06. The maximum Gasteiger partial charge on any atom is 0.238 e. The molecule has 5 nitrogen and oxygen atoms in total. The molecule has 0 aliphatic heterocycles. The van der Waals surface area contributed by atoms with Gasteiger partial charge in [-0.25, -0.2) is 4.98 Å². The number of furan rings is 1. The molecule has 3 aromatic heterocycles. The van der Waals surface area contributed by atoms with Crippen molar-refractivity contribution < 1.29 is 4.42 Å². The monoisotopic (exact) mass is 514 g/mol. The molecule has 188 valence electrons.